The Balaban J connectivity index is 2.35. The molecule has 1 atom stereocenters. The molecule has 1 heterocycles. The molecule has 3 N–H and O–H groups in total. The number of rotatable bonds is 4. The van der Waals surface area contributed by atoms with E-state index in [1.807, 2.05) is 11.8 Å². The minimum absolute atomic E-state index is 0.00235. The standard InChI is InChI=1S/C12H23N3O2/c1-3-4-11(13)12(17)15-7-5-10(6-8-15)14-9(2)16/h10-11H,3-8,13H2,1-2H3,(H,14,16)/t11-/m1/s1. The molecule has 1 rings (SSSR count). The highest BCUT2D eigenvalue weighted by Gasteiger charge is 2.25. The lowest BCUT2D eigenvalue weighted by Gasteiger charge is -2.33. The van der Waals surface area contributed by atoms with E-state index in [9.17, 15) is 9.59 Å². The molecule has 0 aromatic heterocycles. The first-order chi connectivity index (χ1) is 8.04. The first kappa shape index (κ1) is 14.0. The molecular weight excluding hydrogens is 218 g/mol. The van der Waals surface area contributed by atoms with Crippen LogP contribution in [0.2, 0.25) is 0 Å². The van der Waals surface area contributed by atoms with Gasteiger partial charge in [-0.1, -0.05) is 13.3 Å². The van der Waals surface area contributed by atoms with Crippen molar-refractivity contribution in [2.24, 2.45) is 5.73 Å². The van der Waals surface area contributed by atoms with Gasteiger partial charge in [-0.3, -0.25) is 9.59 Å². The molecule has 0 unspecified atom stereocenters. The number of nitrogens with one attached hydrogen (secondary N) is 1. The van der Waals surface area contributed by atoms with Crippen molar-refractivity contribution in [1.82, 2.24) is 10.2 Å². The molecule has 0 bridgehead atoms. The number of likely N-dealkylation sites (tertiary alicyclic amines) is 1. The second-order valence-corrected chi connectivity index (χ2v) is 4.70. The van der Waals surface area contributed by atoms with E-state index in [4.69, 9.17) is 5.73 Å². The van der Waals surface area contributed by atoms with Gasteiger partial charge in [-0.15, -0.1) is 0 Å². The van der Waals surface area contributed by atoms with Crippen molar-refractivity contribution in [2.45, 2.75) is 51.6 Å². The third-order valence-corrected chi connectivity index (χ3v) is 3.13. The molecule has 5 heteroatoms. The first-order valence-corrected chi connectivity index (χ1v) is 6.36. The Labute approximate surface area is 103 Å². The number of carbonyl (C=O) groups excluding carboxylic acids is 2. The van der Waals surface area contributed by atoms with Crippen LogP contribution in [0.25, 0.3) is 0 Å². The van der Waals surface area contributed by atoms with Crippen LogP contribution in [0.15, 0.2) is 0 Å². The predicted octanol–water partition coefficient (Wildman–Crippen LogP) is 0.241. The third-order valence-electron chi connectivity index (χ3n) is 3.13. The fourth-order valence-corrected chi connectivity index (χ4v) is 2.20. The smallest absolute Gasteiger partial charge is 0.239 e. The van der Waals surface area contributed by atoms with Crippen LogP contribution >= 0.6 is 0 Å². The number of nitrogens with two attached hydrogens (primary N) is 1. The largest absolute Gasteiger partial charge is 0.353 e. The maximum Gasteiger partial charge on any atom is 0.239 e. The average molecular weight is 241 g/mol. The van der Waals surface area contributed by atoms with Crippen LogP contribution in [-0.4, -0.2) is 41.9 Å². The summed E-state index contributed by atoms with van der Waals surface area (Å²) in [5.74, 6) is 0.0468. The normalized spacial score (nSPS) is 18.9. The van der Waals surface area contributed by atoms with Crippen LogP contribution < -0.4 is 11.1 Å². The molecule has 2 amide bonds. The minimum atomic E-state index is -0.364. The van der Waals surface area contributed by atoms with Crippen LogP contribution in [0.4, 0.5) is 0 Å². The number of amides is 2. The zero-order valence-electron chi connectivity index (χ0n) is 10.7. The topological polar surface area (TPSA) is 75.4 Å². The van der Waals surface area contributed by atoms with E-state index < -0.39 is 0 Å². The number of piperidine rings is 1. The predicted molar refractivity (Wildman–Crippen MR) is 66.3 cm³/mol. The van der Waals surface area contributed by atoms with Gasteiger partial charge < -0.3 is 16.0 Å². The lowest BCUT2D eigenvalue weighted by atomic mass is 10.0. The number of hydrogen-bond acceptors (Lipinski definition) is 3. The molecule has 5 nitrogen and oxygen atoms in total. The van der Waals surface area contributed by atoms with Gasteiger partial charge in [0.2, 0.25) is 11.8 Å². The molecule has 0 saturated carbocycles. The highest BCUT2D eigenvalue weighted by Crippen LogP contribution is 2.12. The summed E-state index contributed by atoms with van der Waals surface area (Å²) in [5, 5.41) is 2.89. The summed E-state index contributed by atoms with van der Waals surface area (Å²) in [6, 6.07) is -0.156. The van der Waals surface area contributed by atoms with Crippen molar-refractivity contribution in [2.75, 3.05) is 13.1 Å². The van der Waals surface area contributed by atoms with Gasteiger partial charge in [0.25, 0.3) is 0 Å². The molecule has 0 aliphatic carbocycles. The van der Waals surface area contributed by atoms with Gasteiger partial charge in [0, 0.05) is 26.1 Å². The molecule has 0 aromatic rings. The molecule has 1 aliphatic heterocycles. The third kappa shape index (κ3) is 4.34. The summed E-state index contributed by atoms with van der Waals surface area (Å²) in [6.45, 7) is 4.94. The molecule has 17 heavy (non-hydrogen) atoms. The fourth-order valence-electron chi connectivity index (χ4n) is 2.20. The molecule has 0 aromatic carbocycles. The van der Waals surface area contributed by atoms with Gasteiger partial charge in [-0.05, 0) is 19.3 Å². The van der Waals surface area contributed by atoms with Crippen molar-refractivity contribution in [3.63, 3.8) is 0 Å². The van der Waals surface area contributed by atoms with E-state index in [0.29, 0.717) is 13.1 Å². The van der Waals surface area contributed by atoms with Gasteiger partial charge in [0.05, 0.1) is 6.04 Å². The Morgan fingerprint density at radius 2 is 2.00 bits per heavy atom. The van der Waals surface area contributed by atoms with E-state index in [-0.39, 0.29) is 23.9 Å². The summed E-state index contributed by atoms with van der Waals surface area (Å²) in [4.78, 5) is 24.7. The van der Waals surface area contributed by atoms with E-state index in [1.165, 1.54) is 6.92 Å². The van der Waals surface area contributed by atoms with E-state index in [1.54, 1.807) is 0 Å². The number of carbonyl (C=O) groups is 2. The van der Waals surface area contributed by atoms with Crippen LogP contribution in [0.5, 0.6) is 0 Å². The Hall–Kier alpha value is -1.10. The highest BCUT2D eigenvalue weighted by atomic mass is 16.2. The Bertz CT molecular complexity index is 273. The second kappa shape index (κ2) is 6.59. The van der Waals surface area contributed by atoms with Crippen molar-refractivity contribution >= 4 is 11.8 Å². The zero-order valence-corrected chi connectivity index (χ0v) is 10.7. The molecule has 0 spiro atoms. The Kier molecular flexibility index (Phi) is 5.41. The minimum Gasteiger partial charge on any atom is -0.353 e. The van der Waals surface area contributed by atoms with Crippen molar-refractivity contribution in [3.05, 3.63) is 0 Å². The number of hydrogen-bond donors (Lipinski definition) is 2. The van der Waals surface area contributed by atoms with Gasteiger partial charge in [-0.2, -0.15) is 0 Å². The quantitative estimate of drug-likeness (QED) is 0.740. The molecule has 1 aliphatic rings. The molecular formula is C12H23N3O2. The molecule has 1 saturated heterocycles. The number of nitrogens with zero attached hydrogens (tertiary/aromatic N) is 1. The van der Waals surface area contributed by atoms with Crippen LogP contribution in [0.3, 0.4) is 0 Å². The summed E-state index contributed by atoms with van der Waals surface area (Å²) in [5.41, 5.74) is 5.81. The maximum atomic E-state index is 11.9. The molecule has 98 valence electrons. The van der Waals surface area contributed by atoms with Crippen molar-refractivity contribution < 1.29 is 9.59 Å². The average Bonchev–Trinajstić information content (AvgIpc) is 2.28. The lowest BCUT2D eigenvalue weighted by Crippen LogP contribution is -2.50. The van der Waals surface area contributed by atoms with Crippen LogP contribution in [0.1, 0.15) is 39.5 Å². The molecule has 0 radical (unpaired) electrons. The summed E-state index contributed by atoms with van der Waals surface area (Å²) < 4.78 is 0. The Morgan fingerprint density at radius 3 is 2.47 bits per heavy atom. The molecule has 1 fully saturated rings. The van der Waals surface area contributed by atoms with Crippen molar-refractivity contribution in [3.8, 4) is 0 Å². The van der Waals surface area contributed by atoms with Crippen molar-refractivity contribution in [1.29, 1.82) is 0 Å². The van der Waals surface area contributed by atoms with E-state index >= 15 is 0 Å². The lowest BCUT2D eigenvalue weighted by molar-refractivity contribution is -0.133. The van der Waals surface area contributed by atoms with E-state index in [2.05, 4.69) is 5.32 Å². The highest BCUT2D eigenvalue weighted by molar-refractivity contribution is 5.81. The van der Waals surface area contributed by atoms with Gasteiger partial charge in [0.15, 0.2) is 0 Å². The summed E-state index contributed by atoms with van der Waals surface area (Å²) in [7, 11) is 0. The second-order valence-electron chi connectivity index (χ2n) is 4.70. The van der Waals surface area contributed by atoms with Crippen LogP contribution in [0, 0.1) is 0 Å². The monoisotopic (exact) mass is 241 g/mol. The summed E-state index contributed by atoms with van der Waals surface area (Å²) >= 11 is 0. The van der Waals surface area contributed by atoms with Gasteiger partial charge >= 0.3 is 0 Å². The summed E-state index contributed by atoms with van der Waals surface area (Å²) in [6.07, 6.45) is 3.31. The zero-order chi connectivity index (χ0) is 12.8. The van der Waals surface area contributed by atoms with E-state index in [0.717, 1.165) is 25.7 Å². The fraction of sp³-hybridized carbons (Fsp3) is 0.833. The van der Waals surface area contributed by atoms with Gasteiger partial charge in [-0.25, -0.2) is 0 Å². The Morgan fingerprint density at radius 1 is 1.41 bits per heavy atom. The maximum absolute atomic E-state index is 11.9. The first-order valence-electron chi connectivity index (χ1n) is 6.36. The van der Waals surface area contributed by atoms with Crippen LogP contribution in [-0.2, 0) is 9.59 Å². The van der Waals surface area contributed by atoms with Gasteiger partial charge in [0.1, 0.15) is 0 Å². The SMILES string of the molecule is CCC[C@@H](N)C(=O)N1CCC(NC(C)=O)CC1.